The van der Waals surface area contributed by atoms with Crippen LogP contribution in [0.3, 0.4) is 0 Å². The van der Waals surface area contributed by atoms with E-state index in [1.807, 2.05) is 50.2 Å². The van der Waals surface area contributed by atoms with Crippen molar-refractivity contribution >= 4 is 5.69 Å². The molecule has 1 unspecified atom stereocenters. The van der Waals surface area contributed by atoms with E-state index in [4.69, 9.17) is 10.8 Å². The van der Waals surface area contributed by atoms with Crippen molar-refractivity contribution in [2.24, 2.45) is 5.73 Å². The minimum Gasteiger partial charge on any atom is -0.394 e. The van der Waals surface area contributed by atoms with Crippen LogP contribution < -0.4 is 10.6 Å². The Morgan fingerprint density at radius 3 is 2.14 bits per heavy atom. The predicted octanol–water partition coefficient (Wildman–Crippen LogP) is 0.919. The molecule has 0 bridgehead atoms. The summed E-state index contributed by atoms with van der Waals surface area (Å²) in [5.41, 5.74) is 7.33. The lowest BCUT2D eigenvalue weighted by molar-refractivity contribution is 0.210. The molecule has 3 N–H and O–H groups in total. The lowest BCUT2D eigenvalue weighted by atomic mass is 9.94. The van der Waals surface area contributed by atoms with E-state index in [0.29, 0.717) is 0 Å². The summed E-state index contributed by atoms with van der Waals surface area (Å²) in [4.78, 5) is 2.02. The molecule has 0 fully saturated rings. The Morgan fingerprint density at radius 2 is 1.79 bits per heavy atom. The summed E-state index contributed by atoms with van der Waals surface area (Å²) >= 11 is 0. The Bertz CT molecular complexity index is 291. The third-order valence-corrected chi connectivity index (χ3v) is 2.37. The van der Waals surface area contributed by atoms with Gasteiger partial charge in [0.1, 0.15) is 0 Å². The fourth-order valence-corrected chi connectivity index (χ4v) is 1.23. The Kier molecular flexibility index (Phi) is 3.13. The van der Waals surface area contributed by atoms with Crippen LogP contribution in [-0.4, -0.2) is 25.8 Å². The second-order valence-electron chi connectivity index (χ2n) is 4.02. The van der Waals surface area contributed by atoms with Crippen LogP contribution in [-0.2, 0) is 5.54 Å². The molecular formula is C11H18N2O. The first-order chi connectivity index (χ1) is 6.47. The number of hydrogen-bond acceptors (Lipinski definition) is 3. The van der Waals surface area contributed by atoms with Gasteiger partial charge in [0, 0.05) is 19.8 Å². The van der Waals surface area contributed by atoms with Gasteiger partial charge < -0.3 is 15.7 Å². The molecule has 3 nitrogen and oxygen atoms in total. The molecule has 0 aromatic heterocycles. The highest BCUT2D eigenvalue weighted by atomic mass is 16.3. The highest BCUT2D eigenvalue weighted by Gasteiger charge is 2.19. The maximum Gasteiger partial charge on any atom is 0.0650 e. The number of nitrogens with two attached hydrogens (primary N) is 1. The standard InChI is InChI=1S/C11H18N2O/c1-11(12,8-14)9-4-6-10(7-5-9)13(2)3/h4-7,14H,8,12H2,1-3H3. The number of benzene rings is 1. The van der Waals surface area contributed by atoms with Gasteiger partial charge in [0.2, 0.25) is 0 Å². The molecule has 1 aromatic carbocycles. The summed E-state index contributed by atoms with van der Waals surface area (Å²) in [5.74, 6) is 0. The Balaban J connectivity index is 2.94. The molecule has 0 heterocycles. The first-order valence-electron chi connectivity index (χ1n) is 4.65. The van der Waals surface area contributed by atoms with E-state index >= 15 is 0 Å². The third kappa shape index (κ3) is 2.25. The molecule has 14 heavy (non-hydrogen) atoms. The fraction of sp³-hybridized carbons (Fsp3) is 0.455. The summed E-state index contributed by atoms with van der Waals surface area (Å²) in [5, 5.41) is 9.09. The fourth-order valence-electron chi connectivity index (χ4n) is 1.23. The van der Waals surface area contributed by atoms with Gasteiger partial charge in [-0.3, -0.25) is 0 Å². The van der Waals surface area contributed by atoms with Crippen molar-refractivity contribution in [1.29, 1.82) is 0 Å². The monoisotopic (exact) mass is 194 g/mol. The third-order valence-electron chi connectivity index (χ3n) is 2.37. The van der Waals surface area contributed by atoms with E-state index in [1.165, 1.54) is 0 Å². The van der Waals surface area contributed by atoms with Crippen LogP contribution in [0, 0.1) is 0 Å². The number of hydrogen-bond donors (Lipinski definition) is 2. The normalized spacial score (nSPS) is 14.9. The van der Waals surface area contributed by atoms with E-state index in [2.05, 4.69) is 0 Å². The van der Waals surface area contributed by atoms with Gasteiger partial charge in [-0.2, -0.15) is 0 Å². The number of anilines is 1. The summed E-state index contributed by atoms with van der Waals surface area (Å²) in [6.07, 6.45) is 0. The summed E-state index contributed by atoms with van der Waals surface area (Å²) in [6.45, 7) is 1.77. The van der Waals surface area contributed by atoms with Crippen molar-refractivity contribution < 1.29 is 5.11 Å². The minimum atomic E-state index is -0.648. The van der Waals surface area contributed by atoms with Gasteiger partial charge in [-0.15, -0.1) is 0 Å². The number of nitrogens with zero attached hydrogens (tertiary/aromatic N) is 1. The van der Waals surface area contributed by atoms with Gasteiger partial charge in [0.15, 0.2) is 0 Å². The molecule has 1 atom stereocenters. The van der Waals surface area contributed by atoms with Crippen LogP contribution in [0.1, 0.15) is 12.5 Å². The summed E-state index contributed by atoms with van der Waals surface area (Å²) in [6, 6.07) is 7.89. The van der Waals surface area contributed by atoms with Crippen LogP contribution in [0.25, 0.3) is 0 Å². The molecule has 0 saturated carbocycles. The lowest BCUT2D eigenvalue weighted by Gasteiger charge is -2.23. The molecule has 0 radical (unpaired) electrons. The molecule has 0 aliphatic carbocycles. The average Bonchev–Trinajstić information content (AvgIpc) is 2.18. The number of aliphatic hydroxyl groups is 1. The van der Waals surface area contributed by atoms with Crippen molar-refractivity contribution in [2.45, 2.75) is 12.5 Å². The lowest BCUT2D eigenvalue weighted by Crippen LogP contribution is -2.36. The quantitative estimate of drug-likeness (QED) is 0.752. The Labute approximate surface area is 85.2 Å². The van der Waals surface area contributed by atoms with Gasteiger partial charge in [-0.25, -0.2) is 0 Å². The van der Waals surface area contributed by atoms with Gasteiger partial charge in [-0.05, 0) is 24.6 Å². The molecule has 0 aliphatic heterocycles. The molecule has 78 valence electrons. The second kappa shape index (κ2) is 3.98. The summed E-state index contributed by atoms with van der Waals surface area (Å²) < 4.78 is 0. The van der Waals surface area contributed by atoms with Crippen LogP contribution in [0.4, 0.5) is 5.69 Å². The van der Waals surface area contributed by atoms with E-state index in [9.17, 15) is 0 Å². The molecule has 0 spiro atoms. The molecule has 0 aliphatic rings. The van der Waals surface area contributed by atoms with E-state index in [-0.39, 0.29) is 6.61 Å². The van der Waals surface area contributed by atoms with E-state index in [1.54, 1.807) is 0 Å². The SMILES string of the molecule is CN(C)c1ccc(C(C)(N)CO)cc1. The molecule has 0 amide bonds. The van der Waals surface area contributed by atoms with Crippen molar-refractivity contribution in [1.82, 2.24) is 0 Å². The topological polar surface area (TPSA) is 49.5 Å². The van der Waals surface area contributed by atoms with Crippen LogP contribution in [0.15, 0.2) is 24.3 Å². The Morgan fingerprint density at radius 1 is 1.29 bits per heavy atom. The maximum absolute atomic E-state index is 9.09. The number of aliphatic hydroxyl groups excluding tert-OH is 1. The van der Waals surface area contributed by atoms with Crippen LogP contribution in [0.2, 0.25) is 0 Å². The van der Waals surface area contributed by atoms with Crippen molar-refractivity contribution in [3.8, 4) is 0 Å². The zero-order valence-electron chi connectivity index (χ0n) is 8.99. The molecule has 1 rings (SSSR count). The zero-order valence-corrected chi connectivity index (χ0v) is 8.99. The molecule has 3 heteroatoms. The molecular weight excluding hydrogens is 176 g/mol. The predicted molar refractivity (Wildman–Crippen MR) is 59.4 cm³/mol. The van der Waals surface area contributed by atoms with E-state index in [0.717, 1.165) is 11.3 Å². The highest BCUT2D eigenvalue weighted by molar-refractivity contribution is 5.47. The summed E-state index contributed by atoms with van der Waals surface area (Å²) in [7, 11) is 3.98. The molecule has 0 saturated heterocycles. The van der Waals surface area contributed by atoms with Gasteiger partial charge in [0.05, 0.1) is 12.1 Å². The van der Waals surface area contributed by atoms with Crippen molar-refractivity contribution in [3.05, 3.63) is 29.8 Å². The number of rotatable bonds is 3. The first-order valence-corrected chi connectivity index (χ1v) is 4.65. The van der Waals surface area contributed by atoms with Crippen LogP contribution in [0.5, 0.6) is 0 Å². The van der Waals surface area contributed by atoms with E-state index < -0.39 is 5.54 Å². The van der Waals surface area contributed by atoms with Crippen LogP contribution >= 0.6 is 0 Å². The first kappa shape index (κ1) is 11.0. The second-order valence-corrected chi connectivity index (χ2v) is 4.02. The smallest absolute Gasteiger partial charge is 0.0650 e. The van der Waals surface area contributed by atoms with Gasteiger partial charge in [-0.1, -0.05) is 12.1 Å². The minimum absolute atomic E-state index is 0.0473. The highest BCUT2D eigenvalue weighted by Crippen LogP contribution is 2.20. The Hall–Kier alpha value is -1.06. The van der Waals surface area contributed by atoms with Crippen molar-refractivity contribution in [2.75, 3.05) is 25.6 Å². The zero-order chi connectivity index (χ0) is 10.8. The van der Waals surface area contributed by atoms with Gasteiger partial charge >= 0.3 is 0 Å². The van der Waals surface area contributed by atoms with Gasteiger partial charge in [0.25, 0.3) is 0 Å². The average molecular weight is 194 g/mol. The largest absolute Gasteiger partial charge is 0.394 e. The maximum atomic E-state index is 9.09. The van der Waals surface area contributed by atoms with Crippen molar-refractivity contribution in [3.63, 3.8) is 0 Å². The molecule has 1 aromatic rings.